The van der Waals surface area contributed by atoms with E-state index >= 15 is 0 Å². The highest BCUT2D eigenvalue weighted by atomic mass is 32.1. The highest BCUT2D eigenvalue weighted by Crippen LogP contribution is 2.17. The van der Waals surface area contributed by atoms with Crippen LogP contribution in [-0.4, -0.2) is 16.9 Å². The van der Waals surface area contributed by atoms with Crippen molar-refractivity contribution in [2.75, 3.05) is 4.90 Å². The van der Waals surface area contributed by atoms with Crippen LogP contribution in [0.2, 0.25) is 0 Å². The van der Waals surface area contributed by atoms with Crippen LogP contribution in [-0.2, 0) is 0 Å². The minimum atomic E-state index is 0.208. The Balaban J connectivity index is 1.98. The second-order valence-electron chi connectivity index (χ2n) is 5.62. The molecular weight excluding hydrogens is 354 g/mol. The molecule has 0 saturated heterocycles. The maximum absolute atomic E-state index is 6.28. The summed E-state index contributed by atoms with van der Waals surface area (Å²) in [5, 5.41) is 0.208. The molecule has 6 heteroatoms. The largest absolute Gasteiger partial charge is 0.383 e. The maximum Gasteiger partial charge on any atom is 0.208 e. The maximum atomic E-state index is 6.28. The zero-order chi connectivity index (χ0) is 19.1. The standard InChI is InChI=1S/C21H19N5S/c22-19(16-10-4-1-5-11-16)25-21(27)26(18-14-8-3-9-15-18)20(23)24-17-12-6-2-7-13-17/h1-15H,(H2,23,24)(H2,22,25,27). The number of anilines is 1. The Morgan fingerprint density at radius 1 is 0.741 bits per heavy atom. The van der Waals surface area contributed by atoms with E-state index in [2.05, 4.69) is 9.98 Å². The normalized spacial score (nSPS) is 11.9. The molecule has 0 bridgehead atoms. The second kappa shape index (κ2) is 8.73. The lowest BCUT2D eigenvalue weighted by Crippen LogP contribution is -2.41. The fraction of sp³-hybridized carbons (Fsp3) is 0. The van der Waals surface area contributed by atoms with Gasteiger partial charge in [0.25, 0.3) is 0 Å². The molecule has 3 rings (SSSR count). The number of nitrogens with zero attached hydrogens (tertiary/aromatic N) is 3. The van der Waals surface area contributed by atoms with Crippen LogP contribution in [0.5, 0.6) is 0 Å². The lowest BCUT2D eigenvalue weighted by atomic mass is 10.2. The smallest absolute Gasteiger partial charge is 0.208 e. The molecule has 0 spiro atoms. The molecule has 0 saturated carbocycles. The van der Waals surface area contributed by atoms with E-state index in [1.807, 2.05) is 91.0 Å². The van der Waals surface area contributed by atoms with Gasteiger partial charge in [-0.15, -0.1) is 0 Å². The Bertz CT molecular complexity index is 954. The van der Waals surface area contributed by atoms with E-state index in [9.17, 15) is 0 Å². The average Bonchev–Trinajstić information content (AvgIpc) is 2.70. The summed E-state index contributed by atoms with van der Waals surface area (Å²) in [5.74, 6) is 0.524. The SMILES string of the molecule is NC(=Nc1ccccc1)N(C(=S)/N=C(\N)c1ccccc1)c1ccccc1. The highest BCUT2D eigenvalue weighted by molar-refractivity contribution is 7.80. The van der Waals surface area contributed by atoms with E-state index < -0.39 is 0 Å². The summed E-state index contributed by atoms with van der Waals surface area (Å²) in [6.07, 6.45) is 0. The zero-order valence-electron chi connectivity index (χ0n) is 14.6. The summed E-state index contributed by atoms with van der Waals surface area (Å²) < 4.78 is 0. The van der Waals surface area contributed by atoms with Gasteiger partial charge in [0.15, 0.2) is 0 Å². The average molecular weight is 373 g/mol. The summed E-state index contributed by atoms with van der Waals surface area (Å²) in [6.45, 7) is 0. The summed E-state index contributed by atoms with van der Waals surface area (Å²) in [7, 11) is 0. The molecule has 0 amide bonds. The molecule has 5 nitrogen and oxygen atoms in total. The fourth-order valence-corrected chi connectivity index (χ4v) is 2.73. The summed E-state index contributed by atoms with van der Waals surface area (Å²) in [5.41, 5.74) is 14.7. The number of rotatable bonds is 3. The molecular formula is C21H19N5S. The molecule has 27 heavy (non-hydrogen) atoms. The van der Waals surface area contributed by atoms with Crippen molar-refractivity contribution >= 4 is 40.5 Å². The summed E-state index contributed by atoms with van der Waals surface area (Å²) in [4.78, 5) is 10.4. The van der Waals surface area contributed by atoms with E-state index in [1.165, 1.54) is 0 Å². The van der Waals surface area contributed by atoms with Crippen LogP contribution in [0.15, 0.2) is 101 Å². The van der Waals surface area contributed by atoms with E-state index in [0.717, 1.165) is 16.9 Å². The van der Waals surface area contributed by atoms with Crippen molar-refractivity contribution < 1.29 is 0 Å². The predicted molar refractivity (Wildman–Crippen MR) is 116 cm³/mol. The van der Waals surface area contributed by atoms with Crippen LogP contribution >= 0.6 is 12.2 Å². The first-order valence-corrected chi connectivity index (χ1v) is 8.74. The van der Waals surface area contributed by atoms with Crippen molar-refractivity contribution in [2.45, 2.75) is 0 Å². The number of hydrogen-bond acceptors (Lipinski definition) is 2. The van der Waals surface area contributed by atoms with Gasteiger partial charge in [0.05, 0.1) is 11.4 Å². The Hall–Kier alpha value is -3.51. The first-order chi connectivity index (χ1) is 13.1. The Morgan fingerprint density at radius 3 is 1.85 bits per heavy atom. The van der Waals surface area contributed by atoms with Crippen LogP contribution in [0.25, 0.3) is 0 Å². The monoisotopic (exact) mass is 373 g/mol. The molecule has 3 aromatic carbocycles. The van der Waals surface area contributed by atoms with Crippen molar-refractivity contribution in [3.8, 4) is 0 Å². The molecule has 0 aromatic heterocycles. The lowest BCUT2D eigenvalue weighted by molar-refractivity contribution is 1.32. The van der Waals surface area contributed by atoms with Crippen LogP contribution < -0.4 is 16.4 Å². The lowest BCUT2D eigenvalue weighted by Gasteiger charge is -2.22. The fourth-order valence-electron chi connectivity index (χ4n) is 2.43. The van der Waals surface area contributed by atoms with Crippen LogP contribution in [0.1, 0.15) is 5.56 Å². The molecule has 0 heterocycles. The Labute approximate surface area is 163 Å². The van der Waals surface area contributed by atoms with Crippen LogP contribution in [0, 0.1) is 0 Å². The third kappa shape index (κ3) is 4.77. The van der Waals surface area contributed by atoms with Gasteiger partial charge >= 0.3 is 0 Å². The minimum absolute atomic E-state index is 0.208. The summed E-state index contributed by atoms with van der Waals surface area (Å²) in [6, 6.07) is 28.3. The number of thiocarbonyl (C=S) groups is 1. The number of hydrogen-bond donors (Lipinski definition) is 2. The molecule has 0 radical (unpaired) electrons. The van der Waals surface area contributed by atoms with Gasteiger partial charge < -0.3 is 11.5 Å². The van der Waals surface area contributed by atoms with Gasteiger partial charge in [-0.05, 0) is 36.5 Å². The molecule has 134 valence electrons. The van der Waals surface area contributed by atoms with Gasteiger partial charge in [-0.1, -0.05) is 66.7 Å². The van der Waals surface area contributed by atoms with Crippen molar-refractivity contribution in [3.63, 3.8) is 0 Å². The second-order valence-corrected chi connectivity index (χ2v) is 5.99. The van der Waals surface area contributed by atoms with Crippen molar-refractivity contribution in [1.82, 2.24) is 0 Å². The highest BCUT2D eigenvalue weighted by Gasteiger charge is 2.16. The van der Waals surface area contributed by atoms with Crippen molar-refractivity contribution in [1.29, 1.82) is 0 Å². The number of amidine groups is 1. The topological polar surface area (TPSA) is 80.0 Å². The molecule has 4 N–H and O–H groups in total. The quantitative estimate of drug-likeness (QED) is 0.415. The molecule has 0 atom stereocenters. The van der Waals surface area contributed by atoms with E-state index in [1.54, 1.807) is 4.90 Å². The van der Waals surface area contributed by atoms with E-state index in [4.69, 9.17) is 23.7 Å². The van der Waals surface area contributed by atoms with Gasteiger partial charge in [-0.25, -0.2) is 9.98 Å². The van der Waals surface area contributed by atoms with Gasteiger partial charge in [-0.2, -0.15) is 0 Å². The first kappa shape index (κ1) is 18.3. The Morgan fingerprint density at radius 2 is 1.26 bits per heavy atom. The molecule has 0 fully saturated rings. The van der Waals surface area contributed by atoms with Gasteiger partial charge in [0.2, 0.25) is 11.1 Å². The van der Waals surface area contributed by atoms with E-state index in [0.29, 0.717) is 5.84 Å². The molecule has 0 unspecified atom stereocenters. The number of para-hydroxylation sites is 2. The van der Waals surface area contributed by atoms with Crippen molar-refractivity contribution in [3.05, 3.63) is 96.6 Å². The van der Waals surface area contributed by atoms with Gasteiger partial charge in [0.1, 0.15) is 5.84 Å². The Kier molecular flexibility index (Phi) is 5.91. The van der Waals surface area contributed by atoms with Gasteiger partial charge in [-0.3, -0.25) is 4.90 Å². The zero-order valence-corrected chi connectivity index (χ0v) is 15.4. The third-order valence-electron chi connectivity index (χ3n) is 3.72. The van der Waals surface area contributed by atoms with Crippen LogP contribution in [0.3, 0.4) is 0 Å². The first-order valence-electron chi connectivity index (χ1n) is 8.33. The minimum Gasteiger partial charge on any atom is -0.383 e. The molecule has 3 aromatic rings. The number of aliphatic imine (C=N–C) groups is 2. The number of benzene rings is 3. The third-order valence-corrected chi connectivity index (χ3v) is 3.99. The van der Waals surface area contributed by atoms with Crippen LogP contribution in [0.4, 0.5) is 11.4 Å². The summed E-state index contributed by atoms with van der Waals surface area (Å²) >= 11 is 5.52. The molecule has 0 aliphatic carbocycles. The van der Waals surface area contributed by atoms with E-state index in [-0.39, 0.29) is 11.1 Å². The number of nitrogens with two attached hydrogens (primary N) is 2. The van der Waals surface area contributed by atoms with Crippen molar-refractivity contribution in [2.24, 2.45) is 21.5 Å². The predicted octanol–water partition coefficient (Wildman–Crippen LogP) is 3.83. The number of guanidine groups is 1. The molecule has 0 aliphatic rings. The molecule has 0 aliphatic heterocycles. The van der Waals surface area contributed by atoms with Gasteiger partial charge in [0, 0.05) is 5.56 Å².